The summed E-state index contributed by atoms with van der Waals surface area (Å²) in [5.41, 5.74) is 0.999. The Morgan fingerprint density at radius 1 is 1.14 bits per heavy atom. The highest BCUT2D eigenvalue weighted by Gasteiger charge is 2.31. The zero-order valence-electron chi connectivity index (χ0n) is 19.7. The molecule has 0 spiro atoms. The number of alkyl carbamates (subject to hydrolysis) is 1. The number of carbonyl (C=O) groups is 1. The lowest BCUT2D eigenvalue weighted by atomic mass is 10.1. The minimum absolute atomic E-state index is 0.0741. The molecule has 3 rings (SSSR count). The number of hydrogen-bond donors (Lipinski definition) is 3. The topological polar surface area (TPSA) is 109 Å². The second-order valence-corrected chi connectivity index (χ2v) is 8.68. The largest absolute Gasteiger partial charge is 0.573 e. The number of amides is 1. The van der Waals surface area contributed by atoms with Gasteiger partial charge in [0.15, 0.2) is 0 Å². The number of rotatable bonds is 7. The Hall–Kier alpha value is -3.54. The number of nitrogens with zero attached hydrogens (tertiary/aromatic N) is 2. The van der Waals surface area contributed by atoms with E-state index in [1.165, 1.54) is 24.3 Å². The molecule has 190 valence electrons. The molecule has 1 fully saturated rings. The fourth-order valence-corrected chi connectivity index (χ4v) is 3.35. The van der Waals surface area contributed by atoms with Crippen LogP contribution in [0.2, 0.25) is 0 Å². The second-order valence-electron chi connectivity index (χ2n) is 8.68. The van der Waals surface area contributed by atoms with Crippen molar-refractivity contribution in [2.45, 2.75) is 32.7 Å². The Balaban J connectivity index is 1.85. The second kappa shape index (κ2) is 10.8. The maximum atomic E-state index is 12.4. The number of anilines is 3. The standard InChI is InChI=1S/C23H28F3N5O4/c1-22(2,3)35-21(32)29-14-17(27)19-18(31-10-12-33-13-11-31)8-9-28-20(19)30-15-4-6-16(7-5-15)34-23(24,25)26/h4-9,27H,10-14H2,1-3H3,(H,28,30)(H,29,32). The predicted molar refractivity (Wildman–Crippen MR) is 125 cm³/mol. The molecule has 0 radical (unpaired) electrons. The number of nitrogens with one attached hydrogen (secondary N) is 3. The Morgan fingerprint density at radius 2 is 1.80 bits per heavy atom. The first kappa shape index (κ1) is 26.1. The monoisotopic (exact) mass is 495 g/mol. The number of benzene rings is 1. The van der Waals surface area contributed by atoms with Crippen molar-refractivity contribution in [2.24, 2.45) is 0 Å². The molecule has 1 saturated heterocycles. The Kier molecular flexibility index (Phi) is 8.05. The van der Waals surface area contributed by atoms with Gasteiger partial charge >= 0.3 is 12.5 Å². The lowest BCUT2D eigenvalue weighted by Gasteiger charge is -2.31. The quantitative estimate of drug-likeness (QED) is 0.487. The molecule has 0 saturated carbocycles. The van der Waals surface area contributed by atoms with Crippen LogP contribution in [-0.2, 0) is 9.47 Å². The van der Waals surface area contributed by atoms with Crippen molar-refractivity contribution in [1.29, 1.82) is 5.41 Å². The molecule has 1 aromatic carbocycles. The first-order valence-corrected chi connectivity index (χ1v) is 10.9. The molecule has 35 heavy (non-hydrogen) atoms. The van der Waals surface area contributed by atoms with Gasteiger partial charge in [0.1, 0.15) is 17.2 Å². The lowest BCUT2D eigenvalue weighted by Crippen LogP contribution is -2.39. The van der Waals surface area contributed by atoms with E-state index in [0.29, 0.717) is 43.4 Å². The number of halogens is 3. The minimum atomic E-state index is -4.79. The number of pyridine rings is 1. The molecule has 1 amide bonds. The summed E-state index contributed by atoms with van der Waals surface area (Å²) in [5, 5.41) is 14.3. The summed E-state index contributed by atoms with van der Waals surface area (Å²) >= 11 is 0. The molecule has 1 aliphatic rings. The van der Waals surface area contributed by atoms with Crippen LogP contribution >= 0.6 is 0 Å². The van der Waals surface area contributed by atoms with E-state index in [4.69, 9.17) is 14.9 Å². The van der Waals surface area contributed by atoms with Crippen LogP contribution in [0.3, 0.4) is 0 Å². The molecule has 2 heterocycles. The fourth-order valence-electron chi connectivity index (χ4n) is 3.35. The van der Waals surface area contributed by atoms with Crippen LogP contribution in [0.25, 0.3) is 0 Å². The van der Waals surface area contributed by atoms with Crippen molar-refractivity contribution in [1.82, 2.24) is 10.3 Å². The summed E-state index contributed by atoms with van der Waals surface area (Å²) in [6.45, 7) is 7.35. The van der Waals surface area contributed by atoms with Crippen molar-refractivity contribution in [3.63, 3.8) is 0 Å². The number of hydrogen-bond acceptors (Lipinski definition) is 8. The van der Waals surface area contributed by atoms with Gasteiger partial charge in [-0.25, -0.2) is 9.78 Å². The molecule has 1 aliphatic heterocycles. The van der Waals surface area contributed by atoms with Crippen LogP contribution in [0.15, 0.2) is 36.5 Å². The summed E-state index contributed by atoms with van der Waals surface area (Å²) in [6, 6.07) is 6.95. The molecular formula is C23H28F3N5O4. The first-order valence-electron chi connectivity index (χ1n) is 10.9. The van der Waals surface area contributed by atoms with Crippen molar-refractivity contribution >= 4 is 29.0 Å². The summed E-state index contributed by atoms with van der Waals surface area (Å²) in [4.78, 5) is 18.5. The maximum Gasteiger partial charge on any atom is 0.573 e. The van der Waals surface area contributed by atoms with E-state index in [0.717, 1.165) is 5.69 Å². The van der Waals surface area contributed by atoms with Gasteiger partial charge in [-0.3, -0.25) is 0 Å². The highest BCUT2D eigenvalue weighted by molar-refractivity contribution is 6.09. The van der Waals surface area contributed by atoms with Gasteiger partial charge in [-0.05, 0) is 51.1 Å². The van der Waals surface area contributed by atoms with E-state index in [-0.39, 0.29) is 18.0 Å². The SMILES string of the molecule is CC(C)(C)OC(=O)NCC(=N)c1c(N2CCOCC2)ccnc1Nc1ccc(OC(F)(F)F)cc1. The van der Waals surface area contributed by atoms with Crippen LogP contribution in [0.1, 0.15) is 26.3 Å². The number of morpholine rings is 1. The summed E-state index contributed by atoms with van der Waals surface area (Å²) in [5.74, 6) is -0.0397. The van der Waals surface area contributed by atoms with Gasteiger partial charge in [0, 0.05) is 25.0 Å². The van der Waals surface area contributed by atoms with Crippen LogP contribution in [-0.4, -0.2) is 61.6 Å². The normalized spacial score (nSPS) is 14.3. The summed E-state index contributed by atoms with van der Waals surface area (Å²) in [7, 11) is 0. The average molecular weight is 496 g/mol. The van der Waals surface area contributed by atoms with E-state index in [2.05, 4.69) is 20.4 Å². The molecule has 9 nitrogen and oxygen atoms in total. The zero-order valence-corrected chi connectivity index (χ0v) is 19.7. The molecule has 0 aliphatic carbocycles. The lowest BCUT2D eigenvalue weighted by molar-refractivity contribution is -0.274. The molecule has 2 aromatic rings. The zero-order chi connectivity index (χ0) is 25.6. The highest BCUT2D eigenvalue weighted by atomic mass is 19.4. The third-order valence-corrected chi connectivity index (χ3v) is 4.74. The van der Waals surface area contributed by atoms with E-state index < -0.39 is 18.1 Å². The smallest absolute Gasteiger partial charge is 0.444 e. The van der Waals surface area contributed by atoms with E-state index >= 15 is 0 Å². The Morgan fingerprint density at radius 3 is 2.40 bits per heavy atom. The van der Waals surface area contributed by atoms with Crippen molar-refractivity contribution in [2.75, 3.05) is 43.1 Å². The summed E-state index contributed by atoms with van der Waals surface area (Å²) < 4.78 is 51.9. The van der Waals surface area contributed by atoms with Gasteiger partial charge in [0.05, 0.1) is 36.7 Å². The third kappa shape index (κ3) is 8.02. The highest BCUT2D eigenvalue weighted by Crippen LogP contribution is 2.30. The Labute approximate surface area is 201 Å². The van der Waals surface area contributed by atoms with Crippen molar-refractivity contribution in [3.8, 4) is 5.75 Å². The van der Waals surface area contributed by atoms with Crippen LogP contribution < -0.4 is 20.3 Å². The average Bonchev–Trinajstić information content (AvgIpc) is 2.77. The van der Waals surface area contributed by atoms with E-state index in [9.17, 15) is 18.0 Å². The van der Waals surface area contributed by atoms with Gasteiger partial charge in [0.2, 0.25) is 0 Å². The molecule has 0 bridgehead atoms. The fraction of sp³-hybridized carbons (Fsp3) is 0.435. The maximum absolute atomic E-state index is 12.4. The van der Waals surface area contributed by atoms with Crippen LogP contribution in [0.5, 0.6) is 5.75 Å². The third-order valence-electron chi connectivity index (χ3n) is 4.74. The number of ether oxygens (including phenoxy) is 3. The number of alkyl halides is 3. The predicted octanol–water partition coefficient (Wildman–Crippen LogP) is 4.45. The van der Waals surface area contributed by atoms with Gasteiger partial charge in [-0.2, -0.15) is 0 Å². The molecule has 0 atom stereocenters. The van der Waals surface area contributed by atoms with Crippen LogP contribution in [0.4, 0.5) is 35.2 Å². The number of carbonyl (C=O) groups excluding carboxylic acids is 1. The molecule has 12 heteroatoms. The van der Waals surface area contributed by atoms with Crippen LogP contribution in [0, 0.1) is 5.41 Å². The molecular weight excluding hydrogens is 467 g/mol. The van der Waals surface area contributed by atoms with Crippen molar-refractivity contribution in [3.05, 3.63) is 42.1 Å². The van der Waals surface area contributed by atoms with Gasteiger partial charge < -0.3 is 35.2 Å². The minimum Gasteiger partial charge on any atom is -0.444 e. The summed E-state index contributed by atoms with van der Waals surface area (Å²) in [6.07, 6.45) is -3.87. The van der Waals surface area contributed by atoms with Gasteiger partial charge in [0.25, 0.3) is 0 Å². The first-order chi connectivity index (χ1) is 16.4. The molecule has 3 N–H and O–H groups in total. The van der Waals surface area contributed by atoms with E-state index in [1.54, 1.807) is 33.0 Å². The number of aromatic nitrogens is 1. The van der Waals surface area contributed by atoms with Gasteiger partial charge in [-0.1, -0.05) is 0 Å². The van der Waals surface area contributed by atoms with Crippen molar-refractivity contribution < 1.29 is 32.2 Å². The Bertz CT molecular complexity index is 1030. The van der Waals surface area contributed by atoms with E-state index in [1.807, 2.05) is 4.90 Å². The molecule has 0 unspecified atom stereocenters. The molecule has 1 aromatic heterocycles. The van der Waals surface area contributed by atoms with Gasteiger partial charge in [-0.15, -0.1) is 13.2 Å².